The smallest absolute Gasteiger partial charge is 0.0671 e. The zero-order valence-corrected chi connectivity index (χ0v) is 9.35. The Morgan fingerprint density at radius 2 is 2.18 bits per heavy atom. The van der Waals surface area contributed by atoms with Crippen LogP contribution in [0.15, 0.2) is 0 Å². The molecule has 1 nitrogen and oxygen atoms in total. The fraction of sp³-hybridized carbons (Fsp3) is 1.00. The van der Waals surface area contributed by atoms with Crippen LogP contribution in [0.25, 0.3) is 0 Å². The van der Waals surface area contributed by atoms with Crippen molar-refractivity contribution in [3.05, 3.63) is 0 Å². The number of hydrogen-bond acceptors (Lipinski definition) is 1. The van der Waals surface area contributed by atoms with Gasteiger partial charge in [0.2, 0.25) is 0 Å². The Hall–Kier alpha value is 0.690. The van der Waals surface area contributed by atoms with E-state index in [2.05, 4.69) is 36.4 Å². The van der Waals surface area contributed by atoms with Gasteiger partial charge >= 0.3 is 0 Å². The number of rotatable bonds is 1. The zero-order chi connectivity index (χ0) is 8.11. The van der Waals surface area contributed by atoms with Gasteiger partial charge in [-0.05, 0) is 18.3 Å². The van der Waals surface area contributed by atoms with Crippen molar-refractivity contribution < 1.29 is 4.74 Å². The predicted molar refractivity (Wildman–Crippen MR) is 54.1 cm³/mol. The average Bonchev–Trinajstić information content (AvgIpc) is 2.35. The average molecular weight is 266 g/mol. The van der Waals surface area contributed by atoms with E-state index in [4.69, 9.17) is 4.74 Å². The summed E-state index contributed by atoms with van der Waals surface area (Å²) in [6.07, 6.45) is 3.24. The van der Waals surface area contributed by atoms with Crippen LogP contribution in [0.5, 0.6) is 0 Å². The second-order valence-corrected chi connectivity index (χ2v) is 5.51. The van der Waals surface area contributed by atoms with Gasteiger partial charge in [-0.15, -0.1) is 0 Å². The molecule has 0 unspecified atom stereocenters. The molecule has 64 valence electrons. The Bertz CT molecular complexity index is 178. The van der Waals surface area contributed by atoms with Crippen LogP contribution < -0.4 is 0 Å². The van der Waals surface area contributed by atoms with E-state index >= 15 is 0 Å². The minimum atomic E-state index is 0.553. The van der Waals surface area contributed by atoms with Crippen molar-refractivity contribution in [2.75, 3.05) is 11.0 Å². The normalized spacial score (nSPS) is 46.6. The lowest BCUT2D eigenvalue weighted by Crippen LogP contribution is -2.09. The molecule has 1 spiro atoms. The monoisotopic (exact) mass is 266 g/mol. The van der Waals surface area contributed by atoms with Crippen LogP contribution in [0.2, 0.25) is 0 Å². The molecule has 0 amide bonds. The molecule has 0 bridgehead atoms. The third-order valence-electron chi connectivity index (χ3n) is 3.48. The molecule has 2 atom stereocenters. The molecule has 0 aromatic rings. The van der Waals surface area contributed by atoms with Crippen molar-refractivity contribution >= 4 is 22.6 Å². The Morgan fingerprint density at radius 3 is 2.45 bits per heavy atom. The number of hydrogen-bond donors (Lipinski definition) is 0. The SMILES string of the molecule is CC1(C)C[C@@]12CO[C@@H](CI)C2. The van der Waals surface area contributed by atoms with Crippen LogP contribution >= 0.6 is 22.6 Å². The molecule has 2 heteroatoms. The fourth-order valence-electron chi connectivity index (χ4n) is 2.33. The predicted octanol–water partition coefficient (Wildman–Crippen LogP) is 2.63. The lowest BCUT2D eigenvalue weighted by atomic mass is 9.93. The maximum absolute atomic E-state index is 5.71. The number of alkyl halides is 1. The van der Waals surface area contributed by atoms with Crippen molar-refractivity contribution in [2.45, 2.75) is 32.8 Å². The molecular formula is C9H15IO. The molecule has 2 rings (SSSR count). The van der Waals surface area contributed by atoms with E-state index in [1.165, 1.54) is 12.8 Å². The maximum atomic E-state index is 5.71. The summed E-state index contributed by atoms with van der Waals surface area (Å²) in [5.41, 5.74) is 1.16. The molecule has 1 saturated carbocycles. The minimum absolute atomic E-state index is 0.553. The molecule has 1 heterocycles. The van der Waals surface area contributed by atoms with Crippen LogP contribution in [0.1, 0.15) is 26.7 Å². The van der Waals surface area contributed by atoms with Gasteiger partial charge in [0, 0.05) is 9.84 Å². The highest BCUT2D eigenvalue weighted by Gasteiger charge is 2.64. The van der Waals surface area contributed by atoms with Gasteiger partial charge in [-0.3, -0.25) is 0 Å². The quantitative estimate of drug-likeness (QED) is 0.523. The van der Waals surface area contributed by atoms with Crippen molar-refractivity contribution in [3.63, 3.8) is 0 Å². The molecular weight excluding hydrogens is 251 g/mol. The van der Waals surface area contributed by atoms with Gasteiger partial charge < -0.3 is 4.74 Å². The molecule has 2 aliphatic rings. The first-order chi connectivity index (χ1) is 5.10. The molecule has 1 saturated heterocycles. The lowest BCUT2D eigenvalue weighted by Gasteiger charge is -2.09. The minimum Gasteiger partial charge on any atom is -0.377 e. The molecule has 0 radical (unpaired) electrons. The van der Waals surface area contributed by atoms with Crippen molar-refractivity contribution in [1.29, 1.82) is 0 Å². The summed E-state index contributed by atoms with van der Waals surface area (Å²) in [5.74, 6) is 0. The van der Waals surface area contributed by atoms with Crippen LogP contribution in [-0.2, 0) is 4.74 Å². The van der Waals surface area contributed by atoms with Crippen LogP contribution in [0.4, 0.5) is 0 Å². The zero-order valence-electron chi connectivity index (χ0n) is 7.19. The summed E-state index contributed by atoms with van der Waals surface area (Å²) in [5, 5.41) is 0. The van der Waals surface area contributed by atoms with Crippen molar-refractivity contribution in [2.24, 2.45) is 10.8 Å². The van der Waals surface area contributed by atoms with E-state index in [0.29, 0.717) is 16.9 Å². The largest absolute Gasteiger partial charge is 0.377 e. The Kier molecular flexibility index (Phi) is 1.77. The molecule has 2 fully saturated rings. The summed E-state index contributed by atoms with van der Waals surface area (Å²) in [6, 6.07) is 0. The first kappa shape index (κ1) is 8.30. The molecule has 0 aromatic heterocycles. The molecule has 1 aliphatic heterocycles. The van der Waals surface area contributed by atoms with Crippen LogP contribution in [0.3, 0.4) is 0 Å². The number of ether oxygens (including phenoxy) is 1. The summed E-state index contributed by atoms with van der Waals surface area (Å²) in [4.78, 5) is 0. The van der Waals surface area contributed by atoms with E-state index in [0.717, 1.165) is 11.0 Å². The third-order valence-corrected chi connectivity index (χ3v) is 4.46. The second-order valence-electron chi connectivity index (χ2n) is 4.63. The van der Waals surface area contributed by atoms with E-state index in [1.807, 2.05) is 0 Å². The highest BCUT2D eigenvalue weighted by molar-refractivity contribution is 14.1. The lowest BCUT2D eigenvalue weighted by molar-refractivity contribution is 0.120. The highest BCUT2D eigenvalue weighted by Crippen LogP contribution is 2.68. The topological polar surface area (TPSA) is 9.23 Å². The Morgan fingerprint density at radius 1 is 1.55 bits per heavy atom. The van der Waals surface area contributed by atoms with Gasteiger partial charge in [0.1, 0.15) is 0 Å². The van der Waals surface area contributed by atoms with Crippen molar-refractivity contribution in [3.8, 4) is 0 Å². The van der Waals surface area contributed by atoms with E-state index in [-0.39, 0.29) is 0 Å². The van der Waals surface area contributed by atoms with Gasteiger partial charge in [-0.25, -0.2) is 0 Å². The molecule has 0 aromatic carbocycles. The van der Waals surface area contributed by atoms with E-state index in [9.17, 15) is 0 Å². The van der Waals surface area contributed by atoms with Gasteiger partial charge in [-0.1, -0.05) is 36.4 Å². The summed E-state index contributed by atoms with van der Waals surface area (Å²) in [6.45, 7) is 5.76. The standard InChI is InChI=1S/C9H15IO/c1-8(2)5-9(8)3-7(4-10)11-6-9/h7H,3-6H2,1-2H3/t7-,9+/m1/s1. The Labute approximate surface area is 82.0 Å². The highest BCUT2D eigenvalue weighted by atomic mass is 127. The van der Waals surface area contributed by atoms with Gasteiger partial charge in [0.25, 0.3) is 0 Å². The van der Waals surface area contributed by atoms with E-state index in [1.54, 1.807) is 0 Å². The first-order valence-corrected chi connectivity index (χ1v) is 5.80. The summed E-state index contributed by atoms with van der Waals surface area (Å²) < 4.78 is 6.87. The maximum Gasteiger partial charge on any atom is 0.0671 e. The van der Waals surface area contributed by atoms with Crippen molar-refractivity contribution in [1.82, 2.24) is 0 Å². The van der Waals surface area contributed by atoms with Gasteiger partial charge in [0.15, 0.2) is 0 Å². The van der Waals surface area contributed by atoms with Gasteiger partial charge in [-0.2, -0.15) is 0 Å². The van der Waals surface area contributed by atoms with E-state index < -0.39 is 0 Å². The molecule has 11 heavy (non-hydrogen) atoms. The summed E-state index contributed by atoms with van der Waals surface area (Å²) in [7, 11) is 0. The van der Waals surface area contributed by atoms with Gasteiger partial charge in [0.05, 0.1) is 12.7 Å². The first-order valence-electron chi connectivity index (χ1n) is 4.27. The van der Waals surface area contributed by atoms with Crippen LogP contribution in [0, 0.1) is 10.8 Å². The second kappa shape index (κ2) is 2.34. The summed E-state index contributed by atoms with van der Waals surface area (Å²) >= 11 is 2.42. The number of halogens is 1. The third kappa shape index (κ3) is 1.13. The van der Waals surface area contributed by atoms with Crippen LogP contribution in [-0.4, -0.2) is 17.1 Å². The molecule has 0 N–H and O–H groups in total. The Balaban J connectivity index is 2.01. The molecule has 1 aliphatic carbocycles. The fourth-order valence-corrected chi connectivity index (χ4v) is 2.89.